The van der Waals surface area contributed by atoms with E-state index in [1.807, 2.05) is 35.2 Å². The number of aliphatic hydroxyl groups excluding tert-OH is 2. The predicted octanol–water partition coefficient (Wildman–Crippen LogP) is -0.304. The minimum Gasteiger partial charge on any atom is -0.390 e. The summed E-state index contributed by atoms with van der Waals surface area (Å²) in [5.41, 5.74) is 1.13. The van der Waals surface area contributed by atoms with Gasteiger partial charge in [-0.15, -0.1) is 0 Å². The summed E-state index contributed by atoms with van der Waals surface area (Å²) >= 11 is 0. The van der Waals surface area contributed by atoms with Crippen molar-refractivity contribution in [1.29, 1.82) is 0 Å². The summed E-state index contributed by atoms with van der Waals surface area (Å²) in [6.45, 7) is 1.03. The van der Waals surface area contributed by atoms with Crippen LogP contribution in [0.4, 0.5) is 0 Å². The van der Waals surface area contributed by atoms with Crippen molar-refractivity contribution in [2.45, 2.75) is 24.7 Å². The molecule has 1 heterocycles. The second-order valence-electron chi connectivity index (χ2n) is 6.05. The lowest BCUT2D eigenvalue weighted by Crippen LogP contribution is -2.48. The quantitative estimate of drug-likeness (QED) is 0.674. The first kappa shape index (κ1) is 18.4. The predicted molar refractivity (Wildman–Crippen MR) is 88.1 cm³/mol. The molecule has 2 N–H and O–H groups in total. The van der Waals surface area contributed by atoms with Crippen molar-refractivity contribution >= 4 is 9.84 Å². The summed E-state index contributed by atoms with van der Waals surface area (Å²) in [7, 11) is -1.72. The van der Waals surface area contributed by atoms with Gasteiger partial charge in [0.15, 0.2) is 9.84 Å². The average Bonchev–Trinajstić information content (AvgIpc) is 2.78. The fourth-order valence-electron chi connectivity index (χ4n) is 2.98. The molecule has 1 aliphatic rings. The molecule has 1 unspecified atom stereocenters. The van der Waals surface area contributed by atoms with Crippen molar-refractivity contribution < 1.29 is 23.4 Å². The van der Waals surface area contributed by atoms with E-state index in [4.69, 9.17) is 4.74 Å². The van der Waals surface area contributed by atoms with Crippen LogP contribution >= 0.6 is 0 Å². The first-order valence-corrected chi connectivity index (χ1v) is 9.57. The maximum absolute atomic E-state index is 11.8. The molecule has 7 heteroatoms. The number of hydrogen-bond acceptors (Lipinski definition) is 6. The smallest absolute Gasteiger partial charge is 0.154 e. The van der Waals surface area contributed by atoms with Gasteiger partial charge < -0.3 is 14.9 Å². The van der Waals surface area contributed by atoms with E-state index in [9.17, 15) is 18.6 Å². The van der Waals surface area contributed by atoms with E-state index < -0.39 is 28.1 Å². The van der Waals surface area contributed by atoms with Crippen LogP contribution in [0, 0.1) is 0 Å². The van der Waals surface area contributed by atoms with E-state index in [1.165, 1.54) is 7.11 Å². The Labute approximate surface area is 137 Å². The van der Waals surface area contributed by atoms with Crippen LogP contribution in [0.15, 0.2) is 30.3 Å². The van der Waals surface area contributed by atoms with Crippen LogP contribution in [0.5, 0.6) is 0 Å². The normalized spacial score (nSPS) is 24.9. The van der Waals surface area contributed by atoms with Crippen molar-refractivity contribution in [2.75, 3.05) is 38.3 Å². The van der Waals surface area contributed by atoms with Gasteiger partial charge in [-0.3, -0.25) is 4.90 Å². The summed E-state index contributed by atoms with van der Waals surface area (Å²) in [4.78, 5) is 1.87. The van der Waals surface area contributed by atoms with E-state index in [-0.39, 0.29) is 24.7 Å². The zero-order valence-corrected chi connectivity index (χ0v) is 14.2. The molecule has 0 spiro atoms. The second kappa shape index (κ2) is 8.21. The van der Waals surface area contributed by atoms with Gasteiger partial charge in [-0.2, -0.15) is 0 Å². The number of ether oxygens (including phenoxy) is 1. The van der Waals surface area contributed by atoms with E-state index >= 15 is 0 Å². The van der Waals surface area contributed by atoms with E-state index in [0.717, 1.165) is 12.0 Å². The highest BCUT2D eigenvalue weighted by Crippen LogP contribution is 2.19. The third-order valence-corrected chi connectivity index (χ3v) is 5.80. The second-order valence-corrected chi connectivity index (χ2v) is 8.21. The Kier molecular flexibility index (Phi) is 6.55. The third kappa shape index (κ3) is 5.54. The molecule has 0 aromatic heterocycles. The lowest BCUT2D eigenvalue weighted by atomic mass is 10.1. The molecule has 1 saturated heterocycles. The fourth-order valence-corrected chi connectivity index (χ4v) is 4.82. The molecule has 3 atom stereocenters. The van der Waals surface area contributed by atoms with Crippen LogP contribution in [0.2, 0.25) is 0 Å². The van der Waals surface area contributed by atoms with Crippen LogP contribution in [0.3, 0.4) is 0 Å². The number of rotatable bonds is 8. The topological polar surface area (TPSA) is 87.1 Å². The Hall–Kier alpha value is -0.990. The minimum atomic E-state index is -3.23. The van der Waals surface area contributed by atoms with Crippen molar-refractivity contribution in [3.63, 3.8) is 0 Å². The number of nitrogens with zero attached hydrogens (tertiary/aromatic N) is 1. The maximum atomic E-state index is 11.8. The van der Waals surface area contributed by atoms with Crippen molar-refractivity contribution in [2.24, 2.45) is 0 Å². The first-order chi connectivity index (χ1) is 10.9. The van der Waals surface area contributed by atoms with Crippen LogP contribution in [-0.2, 0) is 21.0 Å². The highest BCUT2D eigenvalue weighted by molar-refractivity contribution is 7.91. The van der Waals surface area contributed by atoms with Crippen molar-refractivity contribution in [3.8, 4) is 0 Å². The fraction of sp³-hybridized carbons (Fsp3) is 0.625. The molecule has 1 aromatic rings. The van der Waals surface area contributed by atoms with Gasteiger partial charge in [0.25, 0.3) is 0 Å². The van der Waals surface area contributed by atoms with Gasteiger partial charge in [0.2, 0.25) is 0 Å². The average molecular weight is 343 g/mol. The lowest BCUT2D eigenvalue weighted by Gasteiger charge is -2.31. The number of hydrogen-bond donors (Lipinski definition) is 2. The monoisotopic (exact) mass is 343 g/mol. The summed E-state index contributed by atoms with van der Waals surface area (Å²) in [5, 5.41) is 20.1. The Morgan fingerprint density at radius 1 is 1.30 bits per heavy atom. The van der Waals surface area contributed by atoms with Gasteiger partial charge in [0.05, 0.1) is 36.4 Å². The van der Waals surface area contributed by atoms with E-state index in [1.54, 1.807) is 0 Å². The van der Waals surface area contributed by atoms with Gasteiger partial charge in [0, 0.05) is 20.2 Å². The molecule has 1 aromatic carbocycles. The zero-order valence-electron chi connectivity index (χ0n) is 13.3. The van der Waals surface area contributed by atoms with Crippen LogP contribution in [0.1, 0.15) is 5.56 Å². The Bertz CT molecular complexity index is 577. The van der Waals surface area contributed by atoms with Crippen molar-refractivity contribution in [1.82, 2.24) is 4.90 Å². The molecule has 130 valence electrons. The molecular formula is C16H25NO5S. The summed E-state index contributed by atoms with van der Waals surface area (Å²) in [6.07, 6.45) is -0.902. The molecule has 0 radical (unpaired) electrons. The number of aliphatic hydroxyl groups is 2. The molecule has 0 amide bonds. The van der Waals surface area contributed by atoms with Gasteiger partial charge in [-0.25, -0.2) is 8.42 Å². The van der Waals surface area contributed by atoms with Gasteiger partial charge in [-0.05, 0) is 12.0 Å². The zero-order chi connectivity index (χ0) is 16.9. The number of methoxy groups -OCH3 is 1. The number of sulfone groups is 1. The molecule has 1 aliphatic heterocycles. The largest absolute Gasteiger partial charge is 0.390 e. The Morgan fingerprint density at radius 2 is 2.00 bits per heavy atom. The first-order valence-electron chi connectivity index (χ1n) is 7.75. The minimum absolute atomic E-state index is 0.0668. The van der Waals surface area contributed by atoms with Crippen LogP contribution < -0.4 is 0 Å². The Balaban J connectivity index is 2.05. The number of benzene rings is 1. The van der Waals surface area contributed by atoms with Gasteiger partial charge in [-0.1, -0.05) is 30.3 Å². The van der Waals surface area contributed by atoms with Crippen LogP contribution in [-0.4, -0.2) is 80.1 Å². The van der Waals surface area contributed by atoms with Gasteiger partial charge in [0.1, 0.15) is 0 Å². The highest BCUT2D eigenvalue weighted by Gasteiger charge is 2.40. The molecule has 0 aliphatic carbocycles. The van der Waals surface area contributed by atoms with Gasteiger partial charge >= 0.3 is 0 Å². The molecular weight excluding hydrogens is 318 g/mol. The maximum Gasteiger partial charge on any atom is 0.154 e. The standard InChI is InChI=1S/C16H25NO5S/c1-22-10-14(18)9-17(8-7-13-5-3-2-4-6-13)15-11-23(20,21)12-16(15)19/h2-6,14-16,18-19H,7-12H2,1H3/t14?,15-,16-/m1/s1. The SMILES string of the molecule is COCC(O)CN(CCc1ccccc1)[C@@H]1CS(=O)(=O)C[C@H]1O. The van der Waals surface area contributed by atoms with Crippen LogP contribution in [0.25, 0.3) is 0 Å². The molecule has 2 rings (SSSR count). The van der Waals surface area contributed by atoms with E-state index in [2.05, 4.69) is 0 Å². The highest BCUT2D eigenvalue weighted by atomic mass is 32.2. The molecule has 23 heavy (non-hydrogen) atoms. The van der Waals surface area contributed by atoms with E-state index in [0.29, 0.717) is 6.54 Å². The summed E-state index contributed by atoms with van der Waals surface area (Å²) in [6, 6.07) is 9.38. The summed E-state index contributed by atoms with van der Waals surface area (Å²) in [5.74, 6) is -0.275. The Morgan fingerprint density at radius 3 is 2.57 bits per heavy atom. The molecule has 6 nitrogen and oxygen atoms in total. The van der Waals surface area contributed by atoms with Crippen molar-refractivity contribution in [3.05, 3.63) is 35.9 Å². The molecule has 1 fully saturated rings. The lowest BCUT2D eigenvalue weighted by molar-refractivity contribution is 0.0102. The summed E-state index contributed by atoms with van der Waals surface area (Å²) < 4.78 is 28.5. The molecule has 0 saturated carbocycles. The molecule has 0 bridgehead atoms. The third-order valence-electron chi connectivity index (χ3n) is 4.10.